The van der Waals surface area contributed by atoms with Crippen molar-refractivity contribution in [3.63, 3.8) is 0 Å². The molecule has 0 saturated heterocycles. The van der Waals surface area contributed by atoms with Crippen molar-refractivity contribution >= 4 is 11.6 Å². The first kappa shape index (κ1) is 17.5. The Labute approximate surface area is 140 Å². The molecule has 0 aliphatic heterocycles. The standard InChI is InChI=1S/C18H19FN2O3/c1-12(16-9-8-15(23-2)11-17(16)24-3)20-21-18(22)10-13-4-6-14(19)7-5-13/h4-9,11H,10H2,1-3H3,(H,21,22)/b20-12-. The number of benzene rings is 2. The number of hydrazone groups is 1. The van der Waals surface area contributed by atoms with E-state index in [1.807, 2.05) is 6.07 Å². The van der Waals surface area contributed by atoms with Gasteiger partial charge in [-0.2, -0.15) is 5.10 Å². The zero-order chi connectivity index (χ0) is 17.5. The van der Waals surface area contributed by atoms with Gasteiger partial charge < -0.3 is 9.47 Å². The van der Waals surface area contributed by atoms with Gasteiger partial charge in [0.25, 0.3) is 0 Å². The van der Waals surface area contributed by atoms with E-state index >= 15 is 0 Å². The highest BCUT2D eigenvalue weighted by atomic mass is 19.1. The van der Waals surface area contributed by atoms with Gasteiger partial charge in [-0.05, 0) is 36.8 Å². The van der Waals surface area contributed by atoms with Crippen molar-refractivity contribution in [3.8, 4) is 11.5 Å². The number of hydrogen-bond acceptors (Lipinski definition) is 4. The minimum absolute atomic E-state index is 0.122. The lowest BCUT2D eigenvalue weighted by Crippen LogP contribution is -2.21. The highest BCUT2D eigenvalue weighted by molar-refractivity contribution is 6.01. The molecule has 0 spiro atoms. The summed E-state index contributed by atoms with van der Waals surface area (Å²) in [5.41, 5.74) is 4.55. The molecule has 0 heterocycles. The number of nitrogens with zero attached hydrogens (tertiary/aromatic N) is 1. The van der Waals surface area contributed by atoms with Crippen LogP contribution in [0.4, 0.5) is 4.39 Å². The van der Waals surface area contributed by atoms with Crippen LogP contribution >= 0.6 is 0 Å². The van der Waals surface area contributed by atoms with Gasteiger partial charge >= 0.3 is 0 Å². The van der Waals surface area contributed by atoms with Crippen molar-refractivity contribution < 1.29 is 18.7 Å². The fraction of sp³-hybridized carbons (Fsp3) is 0.222. The van der Waals surface area contributed by atoms with Gasteiger partial charge in [-0.3, -0.25) is 4.79 Å². The summed E-state index contributed by atoms with van der Waals surface area (Å²) in [5, 5.41) is 4.09. The Hall–Kier alpha value is -2.89. The van der Waals surface area contributed by atoms with E-state index in [9.17, 15) is 9.18 Å². The zero-order valence-electron chi connectivity index (χ0n) is 13.8. The first-order valence-electron chi connectivity index (χ1n) is 7.33. The third-order valence-corrected chi connectivity index (χ3v) is 3.42. The van der Waals surface area contributed by atoms with Gasteiger partial charge in [0.1, 0.15) is 17.3 Å². The second kappa shape index (κ2) is 8.10. The summed E-state index contributed by atoms with van der Waals surface area (Å²) < 4.78 is 23.3. The highest BCUT2D eigenvalue weighted by Gasteiger charge is 2.09. The quantitative estimate of drug-likeness (QED) is 0.654. The van der Waals surface area contributed by atoms with E-state index in [1.165, 1.54) is 12.1 Å². The molecule has 0 aliphatic rings. The van der Waals surface area contributed by atoms with Crippen LogP contribution in [0.3, 0.4) is 0 Å². The van der Waals surface area contributed by atoms with Crippen LogP contribution in [0.25, 0.3) is 0 Å². The van der Waals surface area contributed by atoms with E-state index in [0.29, 0.717) is 22.8 Å². The molecule has 1 N–H and O–H groups in total. The van der Waals surface area contributed by atoms with Crippen LogP contribution in [0, 0.1) is 5.82 Å². The van der Waals surface area contributed by atoms with Crippen LogP contribution in [-0.2, 0) is 11.2 Å². The lowest BCUT2D eigenvalue weighted by atomic mass is 10.1. The molecule has 2 aromatic rings. The Morgan fingerprint density at radius 3 is 2.46 bits per heavy atom. The third-order valence-electron chi connectivity index (χ3n) is 3.42. The summed E-state index contributed by atoms with van der Waals surface area (Å²) in [6.45, 7) is 1.77. The van der Waals surface area contributed by atoms with E-state index in [-0.39, 0.29) is 18.1 Å². The molecule has 0 unspecified atom stereocenters. The molecular weight excluding hydrogens is 311 g/mol. The van der Waals surface area contributed by atoms with E-state index < -0.39 is 0 Å². The minimum atomic E-state index is -0.334. The Kier molecular flexibility index (Phi) is 5.89. The molecule has 0 bridgehead atoms. The van der Waals surface area contributed by atoms with Gasteiger partial charge in [0.2, 0.25) is 5.91 Å². The molecule has 2 aromatic carbocycles. The van der Waals surface area contributed by atoms with Crippen molar-refractivity contribution in [2.45, 2.75) is 13.3 Å². The zero-order valence-corrected chi connectivity index (χ0v) is 13.8. The van der Waals surface area contributed by atoms with Crippen LogP contribution in [-0.4, -0.2) is 25.8 Å². The Morgan fingerprint density at radius 1 is 1.12 bits per heavy atom. The fourth-order valence-corrected chi connectivity index (χ4v) is 2.13. The Morgan fingerprint density at radius 2 is 1.83 bits per heavy atom. The maximum atomic E-state index is 12.8. The lowest BCUT2D eigenvalue weighted by Gasteiger charge is -2.10. The molecule has 1 amide bonds. The summed E-state index contributed by atoms with van der Waals surface area (Å²) >= 11 is 0. The maximum absolute atomic E-state index is 12.8. The van der Waals surface area contributed by atoms with Crippen molar-refractivity contribution in [2.75, 3.05) is 14.2 Å². The van der Waals surface area contributed by atoms with Crippen LogP contribution in [0.5, 0.6) is 11.5 Å². The number of hydrogen-bond donors (Lipinski definition) is 1. The number of ether oxygens (including phenoxy) is 2. The van der Waals surface area contributed by atoms with E-state index in [1.54, 1.807) is 45.4 Å². The highest BCUT2D eigenvalue weighted by Crippen LogP contribution is 2.25. The largest absolute Gasteiger partial charge is 0.497 e. The van der Waals surface area contributed by atoms with Crippen LogP contribution in [0.2, 0.25) is 0 Å². The van der Waals surface area contributed by atoms with Crippen molar-refractivity contribution in [1.82, 2.24) is 5.43 Å². The van der Waals surface area contributed by atoms with Gasteiger partial charge in [0, 0.05) is 11.6 Å². The summed E-state index contributed by atoms with van der Waals surface area (Å²) in [7, 11) is 3.13. The average Bonchev–Trinajstić information content (AvgIpc) is 2.61. The minimum Gasteiger partial charge on any atom is -0.497 e. The predicted octanol–water partition coefficient (Wildman–Crippen LogP) is 2.93. The summed E-state index contributed by atoms with van der Waals surface area (Å²) in [6.07, 6.45) is 0.122. The normalized spacial score (nSPS) is 11.1. The smallest absolute Gasteiger partial charge is 0.244 e. The molecule has 0 fully saturated rings. The number of methoxy groups -OCH3 is 2. The van der Waals surface area contributed by atoms with Crippen LogP contribution < -0.4 is 14.9 Å². The summed E-state index contributed by atoms with van der Waals surface area (Å²) in [6, 6.07) is 11.1. The molecule has 0 aliphatic carbocycles. The predicted molar refractivity (Wildman–Crippen MR) is 90.0 cm³/mol. The number of nitrogens with one attached hydrogen (secondary N) is 1. The van der Waals surface area contributed by atoms with Crippen molar-refractivity contribution in [2.24, 2.45) is 5.10 Å². The Balaban J connectivity index is 2.05. The number of carbonyl (C=O) groups is 1. The molecule has 2 rings (SSSR count). The van der Waals surface area contributed by atoms with E-state index in [0.717, 1.165) is 5.56 Å². The molecule has 126 valence electrons. The first-order valence-corrected chi connectivity index (χ1v) is 7.33. The molecule has 0 atom stereocenters. The molecule has 24 heavy (non-hydrogen) atoms. The van der Waals surface area contributed by atoms with Gasteiger partial charge in [-0.25, -0.2) is 9.82 Å². The van der Waals surface area contributed by atoms with Crippen LogP contribution in [0.15, 0.2) is 47.6 Å². The lowest BCUT2D eigenvalue weighted by molar-refractivity contribution is -0.120. The monoisotopic (exact) mass is 330 g/mol. The molecule has 5 nitrogen and oxygen atoms in total. The topological polar surface area (TPSA) is 59.9 Å². The molecule has 0 saturated carbocycles. The van der Waals surface area contributed by atoms with Crippen LogP contribution in [0.1, 0.15) is 18.1 Å². The Bertz CT molecular complexity index is 742. The maximum Gasteiger partial charge on any atom is 0.244 e. The SMILES string of the molecule is COc1ccc(/C(C)=N\NC(=O)Cc2ccc(F)cc2)c(OC)c1. The number of carbonyl (C=O) groups excluding carboxylic acids is 1. The van der Waals surface area contributed by atoms with Gasteiger partial charge in [-0.1, -0.05) is 12.1 Å². The second-order valence-corrected chi connectivity index (χ2v) is 5.10. The second-order valence-electron chi connectivity index (χ2n) is 5.10. The van der Waals surface area contributed by atoms with E-state index in [2.05, 4.69) is 10.5 Å². The van der Waals surface area contributed by atoms with Crippen molar-refractivity contribution in [3.05, 3.63) is 59.4 Å². The summed E-state index contributed by atoms with van der Waals surface area (Å²) in [5.74, 6) is 0.653. The molecule has 0 radical (unpaired) electrons. The first-order chi connectivity index (χ1) is 11.5. The fourth-order valence-electron chi connectivity index (χ4n) is 2.13. The number of halogens is 1. The molecule has 6 heteroatoms. The van der Waals surface area contributed by atoms with Gasteiger partial charge in [0.15, 0.2) is 0 Å². The number of rotatable bonds is 6. The number of amides is 1. The summed E-state index contributed by atoms with van der Waals surface area (Å²) in [4.78, 5) is 11.9. The van der Waals surface area contributed by atoms with Gasteiger partial charge in [-0.15, -0.1) is 0 Å². The van der Waals surface area contributed by atoms with Gasteiger partial charge in [0.05, 0.1) is 26.4 Å². The molecular formula is C18H19FN2O3. The third kappa shape index (κ3) is 4.55. The van der Waals surface area contributed by atoms with E-state index in [4.69, 9.17) is 9.47 Å². The molecule has 0 aromatic heterocycles. The van der Waals surface area contributed by atoms with Crippen molar-refractivity contribution in [1.29, 1.82) is 0 Å². The average molecular weight is 330 g/mol.